The number of rotatable bonds is 3. The van der Waals surface area contributed by atoms with E-state index in [-0.39, 0.29) is 29.0 Å². The number of carbonyl (C=O) groups excluding carboxylic acids is 1. The average molecular weight is 367 g/mol. The van der Waals surface area contributed by atoms with Crippen LogP contribution in [0.15, 0.2) is 40.7 Å². The van der Waals surface area contributed by atoms with Gasteiger partial charge < -0.3 is 9.88 Å². The lowest BCUT2D eigenvalue weighted by molar-refractivity contribution is -0.134. The van der Waals surface area contributed by atoms with Crippen LogP contribution in [0.3, 0.4) is 0 Å². The molecule has 1 amide bonds. The lowest BCUT2D eigenvalue weighted by atomic mass is 10.0. The second kappa shape index (κ2) is 6.39. The first kappa shape index (κ1) is 18.1. The van der Waals surface area contributed by atoms with Crippen molar-refractivity contribution in [2.24, 2.45) is 17.3 Å². The van der Waals surface area contributed by atoms with Crippen LogP contribution in [0.4, 0.5) is 0 Å². The first-order chi connectivity index (χ1) is 12.8. The van der Waals surface area contributed by atoms with Crippen molar-refractivity contribution in [3.05, 3.63) is 46.4 Å². The summed E-state index contributed by atoms with van der Waals surface area (Å²) in [7, 11) is 0. The van der Waals surface area contributed by atoms with Crippen LogP contribution in [0.5, 0.6) is 0 Å². The number of imidazole rings is 1. The van der Waals surface area contributed by atoms with E-state index in [1.54, 1.807) is 0 Å². The number of likely N-dealkylation sites (tertiary alicyclic amines) is 1. The summed E-state index contributed by atoms with van der Waals surface area (Å²) >= 11 is 0. The minimum absolute atomic E-state index is 0.0482. The highest BCUT2D eigenvalue weighted by Crippen LogP contribution is 2.60. The molecule has 5 nitrogen and oxygen atoms in total. The zero-order valence-corrected chi connectivity index (χ0v) is 16.7. The van der Waals surface area contributed by atoms with Crippen molar-refractivity contribution >= 4 is 16.9 Å². The maximum Gasteiger partial charge on any atom is 0.326 e. The number of amides is 1. The van der Waals surface area contributed by atoms with Crippen molar-refractivity contribution in [3.63, 3.8) is 0 Å². The Morgan fingerprint density at radius 3 is 2.52 bits per heavy atom. The van der Waals surface area contributed by atoms with E-state index in [1.165, 1.54) is 5.57 Å². The fraction of sp³-hybridized carbons (Fsp3) is 0.545. The van der Waals surface area contributed by atoms with Gasteiger partial charge in [0.2, 0.25) is 5.91 Å². The quantitative estimate of drug-likeness (QED) is 0.841. The number of nitrogens with one attached hydrogen (secondary N) is 1. The van der Waals surface area contributed by atoms with Crippen molar-refractivity contribution in [3.8, 4) is 0 Å². The van der Waals surface area contributed by atoms with Crippen LogP contribution in [0.1, 0.15) is 46.6 Å². The van der Waals surface area contributed by atoms with Crippen molar-refractivity contribution in [2.75, 3.05) is 13.1 Å². The summed E-state index contributed by atoms with van der Waals surface area (Å²) in [6.45, 7) is 10.0. The zero-order chi connectivity index (χ0) is 19.3. The molecule has 27 heavy (non-hydrogen) atoms. The van der Waals surface area contributed by atoms with Gasteiger partial charge in [-0.05, 0) is 50.2 Å². The van der Waals surface area contributed by atoms with Crippen LogP contribution >= 0.6 is 0 Å². The van der Waals surface area contributed by atoms with Crippen LogP contribution in [0, 0.1) is 17.3 Å². The lowest BCUT2D eigenvalue weighted by Gasteiger charge is -2.33. The van der Waals surface area contributed by atoms with Crippen LogP contribution in [0.25, 0.3) is 11.0 Å². The predicted molar refractivity (Wildman–Crippen MR) is 108 cm³/mol. The van der Waals surface area contributed by atoms with E-state index in [1.807, 2.05) is 33.7 Å². The molecule has 1 aliphatic carbocycles. The van der Waals surface area contributed by atoms with Gasteiger partial charge in [0, 0.05) is 19.1 Å². The zero-order valence-electron chi connectivity index (χ0n) is 16.7. The Labute approximate surface area is 160 Å². The maximum atomic E-state index is 13.1. The van der Waals surface area contributed by atoms with E-state index < -0.39 is 0 Å². The van der Waals surface area contributed by atoms with E-state index in [0.29, 0.717) is 5.92 Å². The molecule has 2 aliphatic rings. The van der Waals surface area contributed by atoms with Gasteiger partial charge in [-0.25, -0.2) is 4.79 Å². The summed E-state index contributed by atoms with van der Waals surface area (Å²) in [5.74, 6) is 0.732. The number of allylic oxidation sites excluding steroid dienone is 2. The van der Waals surface area contributed by atoms with Gasteiger partial charge >= 0.3 is 5.69 Å². The third kappa shape index (κ3) is 3.03. The molecule has 1 aliphatic heterocycles. The highest BCUT2D eigenvalue weighted by molar-refractivity contribution is 5.84. The number of benzene rings is 1. The number of para-hydroxylation sites is 2. The third-order valence-corrected chi connectivity index (χ3v) is 6.45. The number of fused-ring (bicyclic) bond motifs is 1. The molecule has 144 valence electrons. The SMILES string of the molecule is CC(C)=C[C@H]1[C@@H](C(=O)N2CCC(n3c(=O)[nH]c4ccccc43)CC2)C1(C)C. The number of nitrogens with zero attached hydrogens (tertiary/aromatic N) is 2. The summed E-state index contributed by atoms with van der Waals surface area (Å²) in [4.78, 5) is 30.4. The predicted octanol–water partition coefficient (Wildman–Crippen LogP) is 3.73. The van der Waals surface area contributed by atoms with Gasteiger partial charge in [-0.3, -0.25) is 9.36 Å². The molecular weight excluding hydrogens is 338 g/mol. The molecule has 1 saturated heterocycles. The molecule has 0 unspecified atom stereocenters. The van der Waals surface area contributed by atoms with Crippen LogP contribution in [-0.2, 0) is 4.79 Å². The summed E-state index contributed by atoms with van der Waals surface area (Å²) in [5, 5.41) is 0. The Morgan fingerprint density at radius 2 is 1.85 bits per heavy atom. The van der Waals surface area contributed by atoms with Crippen LogP contribution in [-0.4, -0.2) is 33.4 Å². The standard InChI is InChI=1S/C22H29N3O2/c1-14(2)13-16-19(22(16,3)4)20(26)24-11-9-15(10-12-24)25-18-8-6-5-7-17(18)23-21(25)27/h5-8,13,15-16,19H,9-12H2,1-4H3,(H,23,27)/t16-,19-/m0/s1. The van der Waals surface area contributed by atoms with Gasteiger partial charge in [0.05, 0.1) is 17.0 Å². The minimum Gasteiger partial charge on any atom is -0.342 e. The van der Waals surface area contributed by atoms with E-state index in [4.69, 9.17) is 0 Å². The third-order valence-electron chi connectivity index (χ3n) is 6.45. The molecule has 0 bridgehead atoms. The van der Waals surface area contributed by atoms with Gasteiger partial charge in [-0.2, -0.15) is 0 Å². The minimum atomic E-state index is -0.0482. The molecule has 0 spiro atoms. The number of piperidine rings is 1. The average Bonchev–Trinajstić information content (AvgIpc) is 2.98. The van der Waals surface area contributed by atoms with Gasteiger partial charge in [0.1, 0.15) is 0 Å². The largest absolute Gasteiger partial charge is 0.342 e. The summed E-state index contributed by atoms with van der Waals surface area (Å²) in [5.41, 5.74) is 3.12. The number of hydrogen-bond acceptors (Lipinski definition) is 2. The van der Waals surface area contributed by atoms with Gasteiger partial charge in [0.15, 0.2) is 0 Å². The van der Waals surface area contributed by atoms with Crippen molar-refractivity contribution in [1.29, 1.82) is 0 Å². The molecule has 2 atom stereocenters. The molecular formula is C22H29N3O2. The molecule has 4 rings (SSSR count). The number of hydrogen-bond donors (Lipinski definition) is 1. The molecule has 2 heterocycles. The Hall–Kier alpha value is -2.30. The van der Waals surface area contributed by atoms with Crippen molar-refractivity contribution in [1.82, 2.24) is 14.5 Å². The number of aromatic amines is 1. The van der Waals surface area contributed by atoms with E-state index >= 15 is 0 Å². The second-order valence-corrected chi connectivity index (χ2v) is 8.94. The molecule has 1 aromatic heterocycles. The van der Waals surface area contributed by atoms with Crippen molar-refractivity contribution in [2.45, 2.75) is 46.6 Å². The molecule has 1 saturated carbocycles. The molecule has 2 aromatic rings. The topological polar surface area (TPSA) is 58.1 Å². The molecule has 1 N–H and O–H groups in total. The summed E-state index contributed by atoms with van der Waals surface area (Å²) < 4.78 is 1.88. The van der Waals surface area contributed by atoms with E-state index in [0.717, 1.165) is 37.0 Å². The highest BCUT2D eigenvalue weighted by atomic mass is 16.2. The van der Waals surface area contributed by atoms with Gasteiger partial charge in [-0.1, -0.05) is 37.6 Å². The highest BCUT2D eigenvalue weighted by Gasteiger charge is 2.61. The Balaban J connectivity index is 1.47. The monoisotopic (exact) mass is 367 g/mol. The summed E-state index contributed by atoms with van der Waals surface area (Å²) in [6, 6.07) is 7.97. The molecule has 2 fully saturated rings. The first-order valence-corrected chi connectivity index (χ1v) is 9.93. The smallest absolute Gasteiger partial charge is 0.326 e. The number of carbonyl (C=O) groups is 1. The normalized spacial score (nSPS) is 24.8. The fourth-order valence-electron chi connectivity index (χ4n) is 4.80. The van der Waals surface area contributed by atoms with Crippen LogP contribution < -0.4 is 5.69 Å². The van der Waals surface area contributed by atoms with E-state index in [9.17, 15) is 9.59 Å². The molecule has 1 aromatic carbocycles. The second-order valence-electron chi connectivity index (χ2n) is 8.94. The van der Waals surface area contributed by atoms with Gasteiger partial charge in [-0.15, -0.1) is 0 Å². The van der Waals surface area contributed by atoms with Gasteiger partial charge in [0.25, 0.3) is 0 Å². The molecule has 5 heteroatoms. The Bertz CT molecular complexity index is 953. The van der Waals surface area contributed by atoms with Crippen LogP contribution in [0.2, 0.25) is 0 Å². The summed E-state index contributed by atoms with van der Waals surface area (Å²) in [6.07, 6.45) is 3.91. The van der Waals surface area contributed by atoms with Crippen molar-refractivity contribution < 1.29 is 4.79 Å². The van der Waals surface area contributed by atoms with E-state index in [2.05, 4.69) is 38.8 Å². The Morgan fingerprint density at radius 1 is 1.19 bits per heavy atom. The maximum absolute atomic E-state index is 13.1. The molecule has 0 radical (unpaired) electrons. The first-order valence-electron chi connectivity index (χ1n) is 9.93. The Kier molecular flexibility index (Phi) is 4.28. The lowest BCUT2D eigenvalue weighted by Crippen LogP contribution is -2.41. The number of aromatic nitrogens is 2. The fourth-order valence-corrected chi connectivity index (χ4v) is 4.80. The number of H-pyrrole nitrogens is 1.